The van der Waals surface area contributed by atoms with Crippen molar-refractivity contribution in [2.45, 2.75) is 26.4 Å². The molecule has 0 aliphatic rings. The van der Waals surface area contributed by atoms with Crippen molar-refractivity contribution >= 4 is 12.0 Å². The van der Waals surface area contributed by atoms with Gasteiger partial charge in [-0.1, -0.05) is 13.8 Å². The second-order valence-electron chi connectivity index (χ2n) is 5.65. The van der Waals surface area contributed by atoms with Crippen LogP contribution in [-0.2, 0) is 4.79 Å². The van der Waals surface area contributed by atoms with Gasteiger partial charge in [-0.05, 0) is 19.5 Å². The van der Waals surface area contributed by atoms with Gasteiger partial charge in [0.2, 0.25) is 0 Å². The van der Waals surface area contributed by atoms with Gasteiger partial charge in [-0.25, -0.2) is 9.59 Å². The van der Waals surface area contributed by atoms with E-state index in [0.29, 0.717) is 6.54 Å². The summed E-state index contributed by atoms with van der Waals surface area (Å²) in [5.74, 6) is -1.28. The van der Waals surface area contributed by atoms with Crippen molar-refractivity contribution in [2.24, 2.45) is 5.41 Å². The summed E-state index contributed by atoms with van der Waals surface area (Å²) in [5, 5.41) is 22.7. The summed E-state index contributed by atoms with van der Waals surface area (Å²) in [4.78, 5) is 23.9. The van der Waals surface area contributed by atoms with Gasteiger partial charge in [0.15, 0.2) is 6.10 Å². The van der Waals surface area contributed by atoms with Crippen molar-refractivity contribution in [1.82, 2.24) is 15.5 Å². The molecule has 0 radical (unpaired) electrons. The van der Waals surface area contributed by atoms with Gasteiger partial charge in [0.05, 0.1) is 0 Å². The molecule has 0 rings (SSSR count). The summed E-state index contributed by atoms with van der Waals surface area (Å²) >= 11 is 0. The van der Waals surface area contributed by atoms with E-state index in [1.54, 1.807) is 0 Å². The van der Waals surface area contributed by atoms with Crippen molar-refractivity contribution in [3.63, 3.8) is 0 Å². The van der Waals surface area contributed by atoms with Gasteiger partial charge in [0.1, 0.15) is 0 Å². The van der Waals surface area contributed by atoms with Crippen molar-refractivity contribution in [1.29, 1.82) is 0 Å². The van der Waals surface area contributed by atoms with Crippen LogP contribution in [0.25, 0.3) is 0 Å². The summed E-state index contributed by atoms with van der Waals surface area (Å²) in [6.07, 6.45) is -1.45. The molecule has 7 nitrogen and oxygen atoms in total. The zero-order chi connectivity index (χ0) is 15.1. The number of rotatable bonds is 8. The molecule has 4 N–H and O–H groups in total. The Bertz CT molecular complexity index is 305. The Morgan fingerprint density at radius 1 is 1.26 bits per heavy atom. The van der Waals surface area contributed by atoms with Crippen molar-refractivity contribution < 1.29 is 19.8 Å². The highest BCUT2D eigenvalue weighted by Crippen LogP contribution is 2.13. The number of carboxylic acid groups (broad SMARTS) is 1. The molecule has 0 aliphatic carbocycles. The quantitative estimate of drug-likeness (QED) is 0.487. The van der Waals surface area contributed by atoms with Crippen LogP contribution in [0.3, 0.4) is 0 Å². The van der Waals surface area contributed by atoms with E-state index in [-0.39, 0.29) is 24.4 Å². The molecular weight excluding hydrogens is 250 g/mol. The lowest BCUT2D eigenvalue weighted by atomic mass is 9.93. The highest BCUT2D eigenvalue weighted by Gasteiger charge is 2.19. The first-order chi connectivity index (χ1) is 8.64. The number of hydrogen-bond acceptors (Lipinski definition) is 4. The average molecular weight is 275 g/mol. The van der Waals surface area contributed by atoms with Gasteiger partial charge in [-0.2, -0.15) is 0 Å². The zero-order valence-electron chi connectivity index (χ0n) is 12.1. The molecule has 19 heavy (non-hydrogen) atoms. The molecule has 0 aromatic rings. The van der Waals surface area contributed by atoms with E-state index in [0.717, 1.165) is 6.54 Å². The molecule has 1 atom stereocenters. The third kappa shape index (κ3) is 9.26. The minimum Gasteiger partial charge on any atom is -0.479 e. The van der Waals surface area contributed by atoms with Crippen LogP contribution >= 0.6 is 0 Å². The van der Waals surface area contributed by atoms with Crippen LogP contribution in [0, 0.1) is 5.41 Å². The van der Waals surface area contributed by atoms with Crippen molar-refractivity contribution in [3.8, 4) is 0 Å². The predicted molar refractivity (Wildman–Crippen MR) is 72.0 cm³/mol. The summed E-state index contributed by atoms with van der Waals surface area (Å²) in [7, 11) is 3.93. The second kappa shape index (κ2) is 7.96. The summed E-state index contributed by atoms with van der Waals surface area (Å²) in [5.41, 5.74) is -0.0541. The topological polar surface area (TPSA) is 102 Å². The Morgan fingerprint density at radius 2 is 1.84 bits per heavy atom. The second-order valence-corrected chi connectivity index (χ2v) is 5.65. The third-order valence-corrected chi connectivity index (χ3v) is 2.46. The van der Waals surface area contributed by atoms with Gasteiger partial charge < -0.3 is 25.7 Å². The number of urea groups is 1. The van der Waals surface area contributed by atoms with E-state index < -0.39 is 12.1 Å². The molecule has 0 fully saturated rings. The number of aliphatic hydroxyl groups excluding tert-OH is 1. The Kier molecular flexibility index (Phi) is 7.40. The van der Waals surface area contributed by atoms with Crippen LogP contribution in [0.1, 0.15) is 20.3 Å². The largest absolute Gasteiger partial charge is 0.479 e. The van der Waals surface area contributed by atoms with Crippen LogP contribution < -0.4 is 10.6 Å². The molecule has 0 saturated carbocycles. The fraction of sp³-hybridized carbons (Fsp3) is 0.833. The van der Waals surface area contributed by atoms with E-state index in [1.807, 2.05) is 32.8 Å². The van der Waals surface area contributed by atoms with Crippen molar-refractivity contribution in [3.05, 3.63) is 0 Å². The molecule has 0 spiro atoms. The molecule has 2 amide bonds. The molecule has 7 heteroatoms. The van der Waals surface area contributed by atoms with E-state index in [2.05, 4.69) is 10.6 Å². The van der Waals surface area contributed by atoms with Crippen molar-refractivity contribution in [2.75, 3.05) is 33.7 Å². The monoisotopic (exact) mass is 275 g/mol. The Hall–Kier alpha value is -1.34. The fourth-order valence-corrected chi connectivity index (χ4v) is 1.74. The number of nitrogens with zero attached hydrogens (tertiary/aromatic N) is 1. The lowest BCUT2D eigenvalue weighted by Crippen LogP contribution is -2.44. The van der Waals surface area contributed by atoms with Gasteiger partial charge in [0, 0.05) is 26.1 Å². The van der Waals surface area contributed by atoms with Crippen LogP contribution in [0.15, 0.2) is 0 Å². The predicted octanol–water partition coefficient (Wildman–Crippen LogP) is -0.291. The normalized spacial score (nSPS) is 13.2. The molecule has 0 heterocycles. The molecule has 112 valence electrons. The minimum absolute atomic E-state index is 0.0101. The number of carbonyl (C=O) groups excluding carboxylic acids is 1. The fourth-order valence-electron chi connectivity index (χ4n) is 1.74. The Balaban J connectivity index is 3.84. The molecule has 0 saturated heterocycles. The van der Waals surface area contributed by atoms with E-state index in [1.165, 1.54) is 0 Å². The number of amides is 2. The molecule has 0 aromatic heterocycles. The summed E-state index contributed by atoms with van der Waals surface area (Å²) in [6.45, 7) is 5.56. The van der Waals surface area contributed by atoms with E-state index in [9.17, 15) is 9.59 Å². The van der Waals surface area contributed by atoms with Crippen LogP contribution in [0.2, 0.25) is 0 Å². The van der Waals surface area contributed by atoms with Gasteiger partial charge in [-0.15, -0.1) is 0 Å². The van der Waals surface area contributed by atoms with Gasteiger partial charge in [-0.3, -0.25) is 0 Å². The first-order valence-corrected chi connectivity index (χ1v) is 6.21. The third-order valence-electron chi connectivity index (χ3n) is 2.46. The SMILES string of the molecule is CN(C)CC(C)(C)CNC(=O)NCC[C@H](O)C(=O)O. The molecule has 0 unspecified atom stereocenters. The molecular formula is C12H25N3O4. The standard InChI is InChI=1S/C12H25N3O4/c1-12(2,8-15(3)4)7-14-11(19)13-6-5-9(16)10(17)18/h9,16H,5-8H2,1-4H3,(H,17,18)(H2,13,14,19)/t9-/m0/s1. The molecule has 0 bridgehead atoms. The Morgan fingerprint density at radius 3 is 2.32 bits per heavy atom. The van der Waals surface area contributed by atoms with Crippen LogP contribution in [0.5, 0.6) is 0 Å². The number of carboxylic acids is 1. The number of aliphatic carboxylic acids is 1. The smallest absolute Gasteiger partial charge is 0.332 e. The van der Waals surface area contributed by atoms with Crippen LogP contribution in [0.4, 0.5) is 4.79 Å². The maximum Gasteiger partial charge on any atom is 0.332 e. The van der Waals surface area contributed by atoms with E-state index in [4.69, 9.17) is 10.2 Å². The van der Waals surface area contributed by atoms with E-state index >= 15 is 0 Å². The van der Waals surface area contributed by atoms with Gasteiger partial charge in [0.25, 0.3) is 0 Å². The maximum absolute atomic E-state index is 11.5. The average Bonchev–Trinajstić information content (AvgIpc) is 2.24. The number of aliphatic hydroxyl groups is 1. The lowest BCUT2D eigenvalue weighted by Gasteiger charge is -2.28. The Labute approximate surface area is 114 Å². The van der Waals surface area contributed by atoms with Gasteiger partial charge >= 0.3 is 12.0 Å². The number of hydrogen-bond donors (Lipinski definition) is 4. The first-order valence-electron chi connectivity index (χ1n) is 6.21. The first kappa shape index (κ1) is 17.7. The lowest BCUT2D eigenvalue weighted by molar-refractivity contribution is -0.146. The minimum atomic E-state index is -1.44. The summed E-state index contributed by atoms with van der Waals surface area (Å²) < 4.78 is 0. The molecule has 0 aliphatic heterocycles. The maximum atomic E-state index is 11.5. The highest BCUT2D eigenvalue weighted by molar-refractivity contribution is 5.74. The highest BCUT2D eigenvalue weighted by atomic mass is 16.4. The zero-order valence-corrected chi connectivity index (χ0v) is 12.1. The van der Waals surface area contributed by atoms with Crippen LogP contribution in [-0.4, -0.2) is 66.9 Å². The summed E-state index contributed by atoms with van der Waals surface area (Å²) in [6, 6.07) is -0.357. The number of carbonyl (C=O) groups is 2. The number of nitrogens with one attached hydrogen (secondary N) is 2. The molecule has 0 aromatic carbocycles.